The molecule has 70 valence electrons. The van der Waals surface area contributed by atoms with E-state index >= 15 is 0 Å². The maximum absolute atomic E-state index is 10.5. The van der Waals surface area contributed by atoms with Gasteiger partial charge in [-0.2, -0.15) is 0 Å². The van der Waals surface area contributed by atoms with E-state index in [0.717, 1.165) is 11.8 Å². The molecule has 0 unspecified atom stereocenters. The normalized spacial score (nSPS) is 12.2. The molecule has 0 spiro atoms. The fourth-order valence-corrected chi connectivity index (χ4v) is 1.75. The summed E-state index contributed by atoms with van der Waals surface area (Å²) < 4.78 is 4.98. The zero-order valence-electron chi connectivity index (χ0n) is 6.96. The summed E-state index contributed by atoms with van der Waals surface area (Å²) in [5.74, 6) is 0.680. The Kier molecular flexibility index (Phi) is 3.75. The molecule has 0 saturated heterocycles. The maximum Gasteiger partial charge on any atom is 0.138 e. The van der Waals surface area contributed by atoms with Gasteiger partial charge in [0.2, 0.25) is 0 Å². The Balaban J connectivity index is 3.04. The van der Waals surface area contributed by atoms with E-state index in [1.165, 1.54) is 0 Å². The third kappa shape index (κ3) is 2.45. The van der Waals surface area contributed by atoms with Crippen LogP contribution in [0, 0.1) is 0 Å². The van der Waals surface area contributed by atoms with Gasteiger partial charge in [-0.15, -0.1) is 0 Å². The lowest BCUT2D eigenvalue weighted by atomic mass is 10.1. The number of rotatable bonds is 3. The minimum absolute atomic E-state index is 0.356. The largest absolute Gasteiger partial charge is 0.497 e. The van der Waals surface area contributed by atoms with E-state index in [9.17, 15) is 4.79 Å². The van der Waals surface area contributed by atoms with Crippen LogP contribution in [0.4, 0.5) is 0 Å². The number of halogens is 2. The minimum Gasteiger partial charge on any atom is -0.497 e. The fourth-order valence-electron chi connectivity index (χ4n) is 0.932. The summed E-state index contributed by atoms with van der Waals surface area (Å²) in [6.45, 7) is 0. The number of hydrogen-bond donors (Lipinski definition) is 0. The fraction of sp³-hybridized carbons (Fsp3) is 0.222. The Hall–Kier alpha value is -0.540. The molecular formula is C9H8BrClO2. The van der Waals surface area contributed by atoms with Crippen molar-refractivity contribution in [3.05, 3.63) is 28.8 Å². The molecule has 0 amide bonds. The van der Waals surface area contributed by atoms with Crippen LogP contribution in [0.1, 0.15) is 10.4 Å². The second kappa shape index (κ2) is 4.63. The molecule has 13 heavy (non-hydrogen) atoms. The summed E-state index contributed by atoms with van der Waals surface area (Å²) in [4.78, 5) is 10.1. The molecule has 0 saturated carbocycles. The first-order chi connectivity index (χ1) is 6.19. The maximum atomic E-state index is 10.5. The highest BCUT2D eigenvalue weighted by Crippen LogP contribution is 2.30. The van der Waals surface area contributed by atoms with E-state index in [2.05, 4.69) is 15.9 Å². The first kappa shape index (κ1) is 10.5. The molecule has 0 bridgehead atoms. The van der Waals surface area contributed by atoms with Crippen molar-refractivity contribution < 1.29 is 9.53 Å². The average Bonchev–Trinajstić information content (AvgIpc) is 2.16. The summed E-state index contributed by atoms with van der Waals surface area (Å²) >= 11 is 9.10. The van der Waals surface area contributed by atoms with Crippen LogP contribution in [0.15, 0.2) is 18.2 Å². The van der Waals surface area contributed by atoms with E-state index in [1.807, 2.05) is 0 Å². The average molecular weight is 264 g/mol. The number of ether oxygens (including phenoxy) is 1. The zero-order chi connectivity index (χ0) is 9.84. The second-order valence-corrected chi connectivity index (χ2v) is 3.82. The lowest BCUT2D eigenvalue weighted by Gasteiger charge is -2.07. The number of carbonyl (C=O) groups is 1. The van der Waals surface area contributed by atoms with Crippen LogP contribution in [0.2, 0.25) is 5.02 Å². The third-order valence-electron chi connectivity index (χ3n) is 1.62. The molecule has 1 atom stereocenters. The summed E-state index contributed by atoms with van der Waals surface area (Å²) in [6.07, 6.45) is 0.785. The lowest BCUT2D eigenvalue weighted by Crippen LogP contribution is -1.92. The lowest BCUT2D eigenvalue weighted by molar-refractivity contribution is -0.107. The van der Waals surface area contributed by atoms with Gasteiger partial charge in [0, 0.05) is 5.02 Å². The van der Waals surface area contributed by atoms with Crippen molar-refractivity contribution in [3.8, 4) is 5.75 Å². The van der Waals surface area contributed by atoms with E-state index in [0.29, 0.717) is 10.8 Å². The van der Waals surface area contributed by atoms with E-state index < -0.39 is 0 Å². The SMILES string of the molecule is COc1ccc([C@H](Br)C=O)c(Cl)c1. The Labute approximate surface area is 90.0 Å². The van der Waals surface area contributed by atoms with E-state index in [-0.39, 0.29) is 4.83 Å². The standard InChI is InChI=1S/C9H8BrClO2/c1-13-6-2-3-7(8(10)5-12)9(11)4-6/h2-5,8H,1H3/t8-/m1/s1. The Bertz CT molecular complexity index is 314. The smallest absolute Gasteiger partial charge is 0.138 e. The van der Waals surface area contributed by atoms with Crippen molar-refractivity contribution in [2.45, 2.75) is 4.83 Å². The Morgan fingerprint density at radius 2 is 2.31 bits per heavy atom. The number of methoxy groups -OCH3 is 1. The number of hydrogen-bond acceptors (Lipinski definition) is 2. The summed E-state index contributed by atoms with van der Waals surface area (Å²) in [6, 6.07) is 5.20. The molecule has 0 aromatic heterocycles. The summed E-state index contributed by atoms with van der Waals surface area (Å²) in [5.41, 5.74) is 0.748. The highest BCUT2D eigenvalue weighted by Gasteiger charge is 2.10. The molecule has 0 aliphatic heterocycles. The van der Waals surface area contributed by atoms with Crippen LogP contribution >= 0.6 is 27.5 Å². The van der Waals surface area contributed by atoms with Gasteiger partial charge in [-0.3, -0.25) is 0 Å². The topological polar surface area (TPSA) is 26.3 Å². The van der Waals surface area contributed by atoms with Crippen LogP contribution in [0.3, 0.4) is 0 Å². The second-order valence-electron chi connectivity index (χ2n) is 2.43. The van der Waals surface area contributed by atoms with Crippen molar-refractivity contribution in [1.82, 2.24) is 0 Å². The Morgan fingerprint density at radius 1 is 1.62 bits per heavy atom. The van der Waals surface area contributed by atoms with Crippen molar-refractivity contribution in [1.29, 1.82) is 0 Å². The Morgan fingerprint density at radius 3 is 2.77 bits per heavy atom. The molecule has 0 N–H and O–H groups in total. The molecule has 2 nitrogen and oxygen atoms in total. The summed E-state index contributed by atoms with van der Waals surface area (Å²) in [7, 11) is 1.57. The van der Waals surface area contributed by atoms with Crippen molar-refractivity contribution >= 4 is 33.8 Å². The van der Waals surface area contributed by atoms with Gasteiger partial charge in [0.15, 0.2) is 0 Å². The number of aldehydes is 1. The molecule has 1 aromatic rings. The van der Waals surface area contributed by atoms with Gasteiger partial charge in [-0.05, 0) is 17.7 Å². The molecule has 0 aliphatic rings. The quantitative estimate of drug-likeness (QED) is 0.619. The molecule has 1 rings (SSSR count). The first-order valence-corrected chi connectivity index (χ1v) is 4.91. The molecule has 0 heterocycles. The minimum atomic E-state index is -0.356. The van der Waals surface area contributed by atoms with E-state index in [4.69, 9.17) is 16.3 Å². The van der Waals surface area contributed by atoms with Gasteiger partial charge in [0.05, 0.1) is 11.9 Å². The van der Waals surface area contributed by atoms with Crippen LogP contribution < -0.4 is 4.74 Å². The van der Waals surface area contributed by atoms with E-state index in [1.54, 1.807) is 25.3 Å². The molecule has 0 radical (unpaired) electrons. The molecule has 0 fully saturated rings. The molecule has 4 heteroatoms. The zero-order valence-corrected chi connectivity index (χ0v) is 9.30. The molecule has 0 aliphatic carbocycles. The summed E-state index contributed by atoms with van der Waals surface area (Å²) in [5, 5.41) is 0.522. The monoisotopic (exact) mass is 262 g/mol. The van der Waals surface area contributed by atoms with Gasteiger partial charge in [-0.25, -0.2) is 0 Å². The van der Waals surface area contributed by atoms with Crippen LogP contribution in [-0.4, -0.2) is 13.4 Å². The van der Waals surface area contributed by atoms with Crippen molar-refractivity contribution in [2.24, 2.45) is 0 Å². The predicted octanol–water partition coefficient (Wildman–Crippen LogP) is 2.98. The van der Waals surface area contributed by atoms with Gasteiger partial charge in [0.1, 0.15) is 12.0 Å². The number of alkyl halides is 1. The third-order valence-corrected chi connectivity index (χ3v) is 2.66. The molecule has 1 aromatic carbocycles. The van der Waals surface area contributed by atoms with Gasteiger partial charge < -0.3 is 9.53 Å². The first-order valence-electron chi connectivity index (χ1n) is 3.62. The van der Waals surface area contributed by atoms with Crippen LogP contribution in [0.25, 0.3) is 0 Å². The molecular weight excluding hydrogens is 255 g/mol. The van der Waals surface area contributed by atoms with Gasteiger partial charge in [-0.1, -0.05) is 33.6 Å². The predicted molar refractivity (Wildman–Crippen MR) is 55.7 cm³/mol. The highest BCUT2D eigenvalue weighted by atomic mass is 79.9. The highest BCUT2D eigenvalue weighted by molar-refractivity contribution is 9.09. The number of benzene rings is 1. The van der Waals surface area contributed by atoms with Gasteiger partial charge >= 0.3 is 0 Å². The van der Waals surface area contributed by atoms with Gasteiger partial charge in [0.25, 0.3) is 0 Å². The number of carbonyl (C=O) groups excluding carboxylic acids is 1. The van der Waals surface area contributed by atoms with Crippen molar-refractivity contribution in [2.75, 3.05) is 7.11 Å². The van der Waals surface area contributed by atoms with Crippen LogP contribution in [-0.2, 0) is 4.79 Å². The van der Waals surface area contributed by atoms with Crippen LogP contribution in [0.5, 0.6) is 5.75 Å². The van der Waals surface area contributed by atoms with Crippen molar-refractivity contribution in [3.63, 3.8) is 0 Å².